The molecule has 0 aliphatic carbocycles. The van der Waals surface area contributed by atoms with Crippen LogP contribution in [0.15, 0.2) is 46.9 Å². The topological polar surface area (TPSA) is 52.3 Å². The van der Waals surface area contributed by atoms with Crippen molar-refractivity contribution in [3.63, 3.8) is 0 Å². The number of benzene rings is 2. The number of halogens is 1. The quantitative estimate of drug-likeness (QED) is 0.693. The van der Waals surface area contributed by atoms with E-state index in [2.05, 4.69) is 15.9 Å². The molecule has 0 spiro atoms. The van der Waals surface area contributed by atoms with Crippen LogP contribution in [0.1, 0.15) is 15.9 Å². The zero-order valence-corrected chi connectivity index (χ0v) is 12.1. The Labute approximate surface area is 120 Å². The van der Waals surface area contributed by atoms with Crippen molar-refractivity contribution in [3.05, 3.63) is 58.1 Å². The van der Waals surface area contributed by atoms with Crippen molar-refractivity contribution in [1.29, 1.82) is 0 Å². The van der Waals surface area contributed by atoms with Gasteiger partial charge in [0.25, 0.3) is 0 Å². The fraction of sp³-hybridized carbons (Fsp3) is 0.133. The molecule has 0 radical (unpaired) electrons. The Bertz CT molecular complexity index is 594. The van der Waals surface area contributed by atoms with Crippen molar-refractivity contribution in [2.24, 2.45) is 0 Å². The molecular formula is C15H14BrNO2. The molecule has 0 atom stereocenters. The number of nitrogens with two attached hydrogens (primary N) is 1. The molecule has 98 valence electrons. The van der Waals surface area contributed by atoms with Crippen molar-refractivity contribution in [3.8, 4) is 5.75 Å². The number of ether oxygens (including phenoxy) is 1. The van der Waals surface area contributed by atoms with E-state index in [0.717, 1.165) is 15.8 Å². The zero-order chi connectivity index (χ0) is 13.8. The van der Waals surface area contributed by atoms with Crippen molar-refractivity contribution < 1.29 is 9.53 Å². The Hall–Kier alpha value is -1.81. The van der Waals surface area contributed by atoms with Crippen LogP contribution in [0.25, 0.3) is 0 Å². The number of anilines is 1. The summed E-state index contributed by atoms with van der Waals surface area (Å²) in [6, 6.07) is 12.7. The van der Waals surface area contributed by atoms with E-state index in [1.165, 1.54) is 0 Å². The molecule has 0 unspecified atom stereocenters. The van der Waals surface area contributed by atoms with E-state index < -0.39 is 0 Å². The highest BCUT2D eigenvalue weighted by molar-refractivity contribution is 9.10. The third-order valence-corrected chi connectivity index (χ3v) is 3.53. The van der Waals surface area contributed by atoms with Crippen molar-refractivity contribution in [2.75, 3.05) is 12.8 Å². The Morgan fingerprint density at radius 3 is 2.47 bits per heavy atom. The van der Waals surface area contributed by atoms with Crippen LogP contribution in [0.5, 0.6) is 5.75 Å². The van der Waals surface area contributed by atoms with E-state index in [-0.39, 0.29) is 5.78 Å². The molecule has 4 heteroatoms. The lowest BCUT2D eigenvalue weighted by Crippen LogP contribution is -2.04. The smallest absolute Gasteiger partial charge is 0.167 e. The molecule has 0 heterocycles. The summed E-state index contributed by atoms with van der Waals surface area (Å²) >= 11 is 3.32. The summed E-state index contributed by atoms with van der Waals surface area (Å²) in [5.74, 6) is 0.845. The van der Waals surface area contributed by atoms with Crippen LogP contribution in [0.4, 0.5) is 5.69 Å². The lowest BCUT2D eigenvalue weighted by Gasteiger charge is -2.05. The van der Waals surface area contributed by atoms with Gasteiger partial charge in [-0.15, -0.1) is 0 Å². The third-order valence-electron chi connectivity index (χ3n) is 2.85. The first-order chi connectivity index (χ1) is 9.10. The van der Waals surface area contributed by atoms with Crippen LogP contribution in [0.3, 0.4) is 0 Å². The first kappa shape index (κ1) is 13.6. The third kappa shape index (κ3) is 3.35. The molecule has 0 saturated heterocycles. The van der Waals surface area contributed by atoms with Crippen LogP contribution in [-0.4, -0.2) is 12.9 Å². The highest BCUT2D eigenvalue weighted by atomic mass is 79.9. The average molecular weight is 320 g/mol. The molecule has 3 nitrogen and oxygen atoms in total. The maximum Gasteiger partial charge on any atom is 0.167 e. The van der Waals surface area contributed by atoms with E-state index in [0.29, 0.717) is 17.7 Å². The highest BCUT2D eigenvalue weighted by Crippen LogP contribution is 2.21. The van der Waals surface area contributed by atoms with Gasteiger partial charge in [0.1, 0.15) is 5.75 Å². The number of ketones is 1. The number of carbonyl (C=O) groups excluding carboxylic acids is 1. The molecule has 0 saturated carbocycles. The van der Waals surface area contributed by atoms with Gasteiger partial charge in [0.2, 0.25) is 0 Å². The molecular weight excluding hydrogens is 306 g/mol. The van der Waals surface area contributed by atoms with Gasteiger partial charge >= 0.3 is 0 Å². The first-order valence-electron chi connectivity index (χ1n) is 5.81. The fourth-order valence-electron chi connectivity index (χ4n) is 1.73. The van der Waals surface area contributed by atoms with Gasteiger partial charge in [-0.3, -0.25) is 4.79 Å². The molecule has 0 bridgehead atoms. The Morgan fingerprint density at radius 1 is 1.21 bits per heavy atom. The number of Topliss-reactive ketones (excluding diaryl/α,β-unsaturated/α-hetero) is 1. The molecule has 2 rings (SSSR count). The average Bonchev–Trinajstić information content (AvgIpc) is 2.42. The minimum atomic E-state index is 0.0610. The summed E-state index contributed by atoms with van der Waals surface area (Å²) in [6.45, 7) is 0. The fourth-order valence-corrected chi connectivity index (χ4v) is 2.11. The summed E-state index contributed by atoms with van der Waals surface area (Å²) in [5.41, 5.74) is 7.93. The second-order valence-corrected chi connectivity index (χ2v) is 5.04. The summed E-state index contributed by atoms with van der Waals surface area (Å²) in [7, 11) is 1.62. The molecule has 2 N–H and O–H groups in total. The van der Waals surface area contributed by atoms with Gasteiger partial charge in [0.15, 0.2) is 5.78 Å². The van der Waals surface area contributed by atoms with Gasteiger partial charge in [0, 0.05) is 22.1 Å². The van der Waals surface area contributed by atoms with Gasteiger partial charge in [-0.2, -0.15) is 0 Å². The van der Waals surface area contributed by atoms with Crippen LogP contribution < -0.4 is 10.5 Å². The molecule has 0 fully saturated rings. The molecule has 2 aromatic rings. The van der Waals surface area contributed by atoms with Gasteiger partial charge in [-0.1, -0.05) is 12.1 Å². The normalized spacial score (nSPS) is 10.2. The zero-order valence-electron chi connectivity index (χ0n) is 10.5. The van der Waals surface area contributed by atoms with E-state index >= 15 is 0 Å². The largest absolute Gasteiger partial charge is 0.497 e. The molecule has 2 aromatic carbocycles. The number of nitrogen functional groups attached to an aromatic ring is 1. The summed E-state index contributed by atoms with van der Waals surface area (Å²) < 4.78 is 5.83. The summed E-state index contributed by atoms with van der Waals surface area (Å²) in [5, 5.41) is 0. The van der Waals surface area contributed by atoms with Crippen molar-refractivity contribution in [1.82, 2.24) is 0 Å². The van der Waals surface area contributed by atoms with E-state index in [4.69, 9.17) is 10.5 Å². The standard InChI is InChI=1S/C15H14BrNO2/c1-19-12-5-2-10(3-6-12)8-15(18)11-4-7-14(17)13(16)9-11/h2-7,9H,8,17H2,1H3. The predicted octanol–water partition coefficient (Wildman–Crippen LogP) is 3.47. The molecule has 0 aromatic heterocycles. The number of methoxy groups -OCH3 is 1. The van der Waals surface area contributed by atoms with Gasteiger partial charge < -0.3 is 10.5 Å². The highest BCUT2D eigenvalue weighted by Gasteiger charge is 2.08. The van der Waals surface area contributed by atoms with Gasteiger partial charge in [0.05, 0.1) is 7.11 Å². The van der Waals surface area contributed by atoms with E-state index in [1.807, 2.05) is 24.3 Å². The maximum atomic E-state index is 12.1. The summed E-state index contributed by atoms with van der Waals surface area (Å²) in [4.78, 5) is 12.1. The number of rotatable bonds is 4. The van der Waals surface area contributed by atoms with Crippen molar-refractivity contribution in [2.45, 2.75) is 6.42 Å². The minimum Gasteiger partial charge on any atom is -0.497 e. The SMILES string of the molecule is COc1ccc(CC(=O)c2ccc(N)c(Br)c2)cc1. The lowest BCUT2D eigenvalue weighted by molar-refractivity contribution is 0.0993. The van der Waals surface area contributed by atoms with Crippen LogP contribution in [0, 0.1) is 0 Å². The monoisotopic (exact) mass is 319 g/mol. The minimum absolute atomic E-state index is 0.0610. The lowest BCUT2D eigenvalue weighted by atomic mass is 10.0. The maximum absolute atomic E-state index is 12.1. The van der Waals surface area contributed by atoms with Crippen LogP contribution >= 0.6 is 15.9 Å². The van der Waals surface area contributed by atoms with Crippen molar-refractivity contribution >= 4 is 27.4 Å². The Morgan fingerprint density at radius 2 is 1.89 bits per heavy atom. The second kappa shape index (κ2) is 5.89. The molecule has 0 amide bonds. The molecule has 0 aliphatic heterocycles. The predicted molar refractivity (Wildman–Crippen MR) is 79.6 cm³/mol. The first-order valence-corrected chi connectivity index (χ1v) is 6.60. The number of carbonyl (C=O) groups is 1. The van der Waals surface area contributed by atoms with Crippen LogP contribution in [0.2, 0.25) is 0 Å². The molecule has 0 aliphatic rings. The van der Waals surface area contributed by atoms with Crippen LogP contribution in [-0.2, 0) is 6.42 Å². The number of hydrogen-bond acceptors (Lipinski definition) is 3. The number of hydrogen-bond donors (Lipinski definition) is 1. The second-order valence-electron chi connectivity index (χ2n) is 4.18. The van der Waals surface area contributed by atoms with E-state index in [1.54, 1.807) is 25.3 Å². The van der Waals surface area contributed by atoms with Gasteiger partial charge in [-0.05, 0) is 51.8 Å². The molecule has 19 heavy (non-hydrogen) atoms. The van der Waals surface area contributed by atoms with E-state index in [9.17, 15) is 4.79 Å². The van der Waals surface area contributed by atoms with Gasteiger partial charge in [-0.25, -0.2) is 0 Å². The Balaban J connectivity index is 2.13. The summed E-state index contributed by atoms with van der Waals surface area (Å²) in [6.07, 6.45) is 0.361. The Kier molecular flexibility index (Phi) is 4.22.